The van der Waals surface area contributed by atoms with Crippen LogP contribution in [0.4, 0.5) is 4.39 Å². The molecule has 0 bridgehead atoms. The van der Waals surface area contributed by atoms with Crippen molar-refractivity contribution in [2.24, 2.45) is 7.05 Å². The van der Waals surface area contributed by atoms with Gasteiger partial charge in [-0.15, -0.1) is 11.3 Å². The highest BCUT2D eigenvalue weighted by Crippen LogP contribution is 2.30. The number of aliphatic hydroxyl groups is 1. The Bertz CT molecular complexity index is 1360. The van der Waals surface area contributed by atoms with E-state index in [-0.39, 0.29) is 23.4 Å². The lowest BCUT2D eigenvalue weighted by atomic mass is 10.1. The molecule has 9 heteroatoms. The van der Waals surface area contributed by atoms with Crippen molar-refractivity contribution in [3.63, 3.8) is 0 Å². The molecule has 7 nitrogen and oxygen atoms in total. The first-order valence-electron chi connectivity index (χ1n) is 10.8. The lowest BCUT2D eigenvalue weighted by Gasteiger charge is -2.19. The molecule has 2 N–H and O–H groups in total. The number of carbonyl (C=O) groups is 1. The number of carbonyl (C=O) groups excluding carboxylic acids is 1. The number of fused-ring (bicyclic) bond motifs is 1. The van der Waals surface area contributed by atoms with Crippen molar-refractivity contribution in [3.05, 3.63) is 92.2 Å². The number of rotatable bonds is 8. The molecule has 0 aliphatic carbocycles. The van der Waals surface area contributed by atoms with Crippen LogP contribution in [0, 0.1) is 12.7 Å². The first kappa shape index (κ1) is 23.9. The highest BCUT2D eigenvalue weighted by atomic mass is 32.1. The number of benzene rings is 1. The molecule has 1 aromatic carbocycles. The summed E-state index contributed by atoms with van der Waals surface area (Å²) in [6.45, 7) is 3.06. The number of amides is 1. The van der Waals surface area contributed by atoms with Crippen LogP contribution in [-0.4, -0.2) is 34.1 Å². The summed E-state index contributed by atoms with van der Waals surface area (Å²) in [7, 11) is 3.70. The Morgan fingerprint density at radius 1 is 1.29 bits per heavy atom. The molecule has 178 valence electrons. The number of likely N-dealkylation sites (N-methyl/N-ethyl adjacent to an activating group) is 1. The fourth-order valence-electron chi connectivity index (χ4n) is 3.94. The topological polar surface area (TPSA) is 87.7 Å². The molecule has 3 aromatic heterocycles. The summed E-state index contributed by atoms with van der Waals surface area (Å²) >= 11 is 1.36. The van der Waals surface area contributed by atoms with E-state index < -0.39 is 12.0 Å². The summed E-state index contributed by atoms with van der Waals surface area (Å²) in [5, 5.41) is 13.1. The molecule has 0 aliphatic rings. The van der Waals surface area contributed by atoms with E-state index in [1.807, 2.05) is 25.9 Å². The van der Waals surface area contributed by atoms with Gasteiger partial charge in [0.2, 0.25) is 5.43 Å². The van der Waals surface area contributed by atoms with E-state index in [2.05, 4.69) is 5.32 Å². The van der Waals surface area contributed by atoms with Gasteiger partial charge in [0, 0.05) is 37.8 Å². The van der Waals surface area contributed by atoms with E-state index in [1.54, 1.807) is 35.0 Å². The van der Waals surface area contributed by atoms with Gasteiger partial charge in [-0.2, -0.15) is 0 Å². The number of nitrogens with one attached hydrogen (secondary N) is 1. The number of thiophene rings is 1. The van der Waals surface area contributed by atoms with E-state index in [4.69, 9.17) is 4.42 Å². The fraction of sp³-hybridized carbons (Fsp3) is 0.280. The van der Waals surface area contributed by atoms with E-state index in [9.17, 15) is 19.1 Å². The van der Waals surface area contributed by atoms with Crippen molar-refractivity contribution < 1.29 is 18.7 Å². The number of aromatic nitrogens is 1. The Hall–Kier alpha value is -3.27. The number of aliphatic hydroxyl groups excluding tert-OH is 1. The molecule has 34 heavy (non-hydrogen) atoms. The van der Waals surface area contributed by atoms with Gasteiger partial charge in [-0.1, -0.05) is 12.1 Å². The summed E-state index contributed by atoms with van der Waals surface area (Å²) in [6, 6.07) is 9.30. The zero-order chi connectivity index (χ0) is 24.4. The SMILES string of the molecule is Cc1c(CN(C)C[C@@H](O)c2ccco2)sc2c(=O)c(C(=O)NCc3ccc(F)cc3)cn(C)c12. The lowest BCUT2D eigenvalue weighted by Crippen LogP contribution is -2.29. The first-order valence-corrected chi connectivity index (χ1v) is 11.6. The Balaban J connectivity index is 1.54. The molecule has 0 aliphatic heterocycles. The Kier molecular flexibility index (Phi) is 6.97. The average molecular weight is 484 g/mol. The standard InChI is InChI=1S/C25H26FN3O4S/c1-15-21(14-28(2)13-19(30)20-5-4-10-33-20)34-24-22(15)29(3)12-18(23(24)31)25(32)27-11-16-6-8-17(26)9-7-16/h4-10,12,19,30H,11,13-14H2,1-3H3,(H,27,32)/t19-/m1/s1. The predicted molar refractivity (Wildman–Crippen MR) is 129 cm³/mol. The van der Waals surface area contributed by atoms with Crippen LogP contribution in [-0.2, 0) is 20.1 Å². The normalized spacial score (nSPS) is 12.4. The highest BCUT2D eigenvalue weighted by Gasteiger charge is 2.21. The van der Waals surface area contributed by atoms with E-state index in [1.165, 1.54) is 29.7 Å². The third-order valence-electron chi connectivity index (χ3n) is 5.72. The molecule has 4 rings (SSSR count). The van der Waals surface area contributed by atoms with Gasteiger partial charge in [0.05, 0.1) is 16.5 Å². The van der Waals surface area contributed by atoms with Crippen LogP contribution in [0.5, 0.6) is 0 Å². The van der Waals surface area contributed by atoms with Crippen molar-refractivity contribution in [3.8, 4) is 0 Å². The smallest absolute Gasteiger partial charge is 0.257 e. The van der Waals surface area contributed by atoms with Crippen molar-refractivity contribution in [1.29, 1.82) is 0 Å². The van der Waals surface area contributed by atoms with Crippen LogP contribution in [0.15, 0.2) is 58.1 Å². The van der Waals surface area contributed by atoms with E-state index in [0.717, 1.165) is 21.5 Å². The Morgan fingerprint density at radius 3 is 2.71 bits per heavy atom. The predicted octanol–water partition coefficient (Wildman–Crippen LogP) is 3.74. The zero-order valence-electron chi connectivity index (χ0n) is 19.2. The number of furan rings is 1. The van der Waals surface area contributed by atoms with Crippen LogP contribution in [0.1, 0.15) is 38.2 Å². The summed E-state index contributed by atoms with van der Waals surface area (Å²) < 4.78 is 20.7. The molecular formula is C25H26FN3O4S. The molecule has 0 spiro atoms. The molecule has 0 saturated heterocycles. The van der Waals surface area contributed by atoms with Gasteiger partial charge in [0.25, 0.3) is 5.91 Å². The molecule has 0 fully saturated rings. The van der Waals surface area contributed by atoms with Gasteiger partial charge in [-0.05, 0) is 49.4 Å². The molecule has 1 amide bonds. The maximum atomic E-state index is 13.2. The number of halogens is 1. The van der Waals surface area contributed by atoms with Crippen molar-refractivity contribution in [2.45, 2.75) is 26.1 Å². The Morgan fingerprint density at radius 2 is 2.03 bits per heavy atom. The number of pyridine rings is 1. The minimum atomic E-state index is -0.753. The minimum Gasteiger partial charge on any atom is -0.467 e. The second-order valence-corrected chi connectivity index (χ2v) is 9.45. The Labute approximate surface area is 200 Å². The van der Waals surface area contributed by atoms with Crippen molar-refractivity contribution in [1.82, 2.24) is 14.8 Å². The molecule has 0 radical (unpaired) electrons. The number of aryl methyl sites for hydroxylation is 2. The van der Waals surface area contributed by atoms with Crippen LogP contribution >= 0.6 is 11.3 Å². The van der Waals surface area contributed by atoms with E-state index >= 15 is 0 Å². The second-order valence-electron chi connectivity index (χ2n) is 8.35. The molecule has 0 saturated carbocycles. The summed E-state index contributed by atoms with van der Waals surface area (Å²) in [5.41, 5.74) is 2.24. The molecule has 4 aromatic rings. The lowest BCUT2D eigenvalue weighted by molar-refractivity contribution is 0.0949. The maximum absolute atomic E-state index is 13.2. The first-order chi connectivity index (χ1) is 16.2. The quantitative estimate of drug-likeness (QED) is 0.399. The molecule has 0 unspecified atom stereocenters. The summed E-state index contributed by atoms with van der Waals surface area (Å²) in [6.07, 6.45) is 2.33. The van der Waals surface area contributed by atoms with E-state index in [0.29, 0.717) is 23.5 Å². The zero-order valence-corrected chi connectivity index (χ0v) is 20.0. The van der Waals surface area contributed by atoms with Crippen LogP contribution < -0.4 is 10.7 Å². The number of hydrogen-bond acceptors (Lipinski definition) is 6. The van der Waals surface area contributed by atoms with Gasteiger partial charge >= 0.3 is 0 Å². The summed E-state index contributed by atoms with van der Waals surface area (Å²) in [4.78, 5) is 28.9. The van der Waals surface area contributed by atoms with Crippen molar-refractivity contribution in [2.75, 3.05) is 13.6 Å². The third kappa shape index (κ3) is 4.96. The minimum absolute atomic E-state index is 0.0616. The number of hydrogen-bond donors (Lipinski definition) is 2. The van der Waals surface area contributed by atoms with Gasteiger partial charge < -0.3 is 19.4 Å². The van der Waals surface area contributed by atoms with Gasteiger partial charge in [0.15, 0.2) is 0 Å². The fourth-order valence-corrected chi connectivity index (χ4v) is 5.31. The third-order valence-corrected chi connectivity index (χ3v) is 6.99. The largest absolute Gasteiger partial charge is 0.467 e. The average Bonchev–Trinajstić information content (AvgIpc) is 3.45. The van der Waals surface area contributed by atoms with Gasteiger partial charge in [-0.3, -0.25) is 14.5 Å². The molecule has 1 atom stereocenters. The second kappa shape index (κ2) is 9.92. The van der Waals surface area contributed by atoms with Crippen LogP contribution in [0.25, 0.3) is 10.2 Å². The van der Waals surface area contributed by atoms with Crippen LogP contribution in [0.2, 0.25) is 0 Å². The monoisotopic (exact) mass is 483 g/mol. The summed E-state index contributed by atoms with van der Waals surface area (Å²) in [5.74, 6) is -0.318. The molecular weight excluding hydrogens is 457 g/mol. The number of nitrogens with zero attached hydrogens (tertiary/aromatic N) is 2. The van der Waals surface area contributed by atoms with Crippen LogP contribution in [0.3, 0.4) is 0 Å². The van der Waals surface area contributed by atoms with Crippen molar-refractivity contribution >= 4 is 27.5 Å². The van der Waals surface area contributed by atoms with Gasteiger partial charge in [0.1, 0.15) is 23.2 Å². The maximum Gasteiger partial charge on any atom is 0.257 e. The van der Waals surface area contributed by atoms with Gasteiger partial charge in [-0.25, -0.2) is 4.39 Å². The molecule has 3 heterocycles. The highest BCUT2D eigenvalue weighted by molar-refractivity contribution is 7.19.